The van der Waals surface area contributed by atoms with E-state index in [0.29, 0.717) is 19.8 Å². The molecule has 148 valence electrons. The Morgan fingerprint density at radius 2 is 2.00 bits per heavy atom. The van der Waals surface area contributed by atoms with Crippen LogP contribution in [-0.2, 0) is 19.0 Å². The van der Waals surface area contributed by atoms with Gasteiger partial charge in [-0.15, -0.1) is 0 Å². The van der Waals surface area contributed by atoms with Gasteiger partial charge < -0.3 is 0 Å². The predicted molar refractivity (Wildman–Crippen MR) is 105 cm³/mol. The first-order valence-corrected chi connectivity index (χ1v) is 11.8. The molecular formula is C22H30O4Se. The van der Waals surface area contributed by atoms with Crippen molar-refractivity contribution >= 4 is 25.4 Å². The van der Waals surface area contributed by atoms with E-state index in [0.717, 1.165) is 32.5 Å². The molecule has 1 aliphatic carbocycles. The number of ether oxygens (including phenoxy) is 3. The van der Waals surface area contributed by atoms with E-state index in [1.807, 2.05) is 6.92 Å². The van der Waals surface area contributed by atoms with Crippen LogP contribution in [0.15, 0.2) is 30.3 Å². The third-order valence-electron chi connectivity index (χ3n) is 7.48. The van der Waals surface area contributed by atoms with Gasteiger partial charge in [0.1, 0.15) is 0 Å². The monoisotopic (exact) mass is 438 g/mol. The molecule has 0 bridgehead atoms. The fraction of sp³-hybridized carbons (Fsp3) is 0.682. The minimum atomic E-state index is -0.299. The fourth-order valence-electron chi connectivity index (χ4n) is 5.56. The number of hydrogen-bond acceptors (Lipinski definition) is 4. The number of methoxy groups -OCH3 is 1. The summed E-state index contributed by atoms with van der Waals surface area (Å²) in [6, 6.07) is 10.7. The summed E-state index contributed by atoms with van der Waals surface area (Å²) in [4.78, 5) is 12.6. The molecule has 0 aromatic heterocycles. The van der Waals surface area contributed by atoms with Crippen molar-refractivity contribution in [3.8, 4) is 0 Å². The quantitative estimate of drug-likeness (QED) is 0.537. The Balaban J connectivity index is 1.62. The topological polar surface area (TPSA) is 44.8 Å². The van der Waals surface area contributed by atoms with Gasteiger partial charge in [-0.2, -0.15) is 0 Å². The average molecular weight is 437 g/mol. The first-order chi connectivity index (χ1) is 12.9. The molecule has 3 fully saturated rings. The molecule has 4 rings (SSSR count). The summed E-state index contributed by atoms with van der Waals surface area (Å²) in [6.45, 7) is 8.11. The summed E-state index contributed by atoms with van der Waals surface area (Å²) < 4.78 is 19.7. The van der Waals surface area contributed by atoms with Crippen molar-refractivity contribution in [3.63, 3.8) is 0 Å². The van der Waals surface area contributed by atoms with Crippen LogP contribution >= 0.6 is 0 Å². The van der Waals surface area contributed by atoms with Crippen LogP contribution in [0.25, 0.3) is 0 Å². The molecule has 1 saturated carbocycles. The molecule has 0 unspecified atom stereocenters. The van der Waals surface area contributed by atoms with Gasteiger partial charge in [-0.05, 0) is 0 Å². The molecule has 1 aromatic rings. The van der Waals surface area contributed by atoms with Gasteiger partial charge in [-0.3, -0.25) is 0 Å². The molecule has 5 heteroatoms. The van der Waals surface area contributed by atoms with Gasteiger partial charge >= 0.3 is 168 Å². The van der Waals surface area contributed by atoms with Crippen molar-refractivity contribution < 1.29 is 19.0 Å². The Hall–Kier alpha value is -0.871. The van der Waals surface area contributed by atoms with Crippen LogP contribution in [0.1, 0.15) is 40.0 Å². The van der Waals surface area contributed by atoms with Crippen molar-refractivity contribution in [1.82, 2.24) is 0 Å². The molecule has 2 heterocycles. The van der Waals surface area contributed by atoms with E-state index in [-0.39, 0.29) is 34.4 Å². The maximum atomic E-state index is 12.2. The summed E-state index contributed by atoms with van der Waals surface area (Å²) in [6.07, 6.45) is 2.96. The maximum absolute atomic E-state index is 12.2. The second kappa shape index (κ2) is 6.88. The normalized spacial score (nSPS) is 41.6. The Morgan fingerprint density at radius 3 is 2.70 bits per heavy atom. The Morgan fingerprint density at radius 1 is 1.26 bits per heavy atom. The van der Waals surface area contributed by atoms with Crippen molar-refractivity contribution in [2.24, 2.45) is 17.3 Å². The van der Waals surface area contributed by atoms with Crippen LogP contribution in [-0.4, -0.2) is 52.5 Å². The van der Waals surface area contributed by atoms with Gasteiger partial charge in [-0.1, -0.05) is 0 Å². The average Bonchev–Trinajstić information content (AvgIpc) is 3.09. The van der Waals surface area contributed by atoms with Crippen LogP contribution in [0.2, 0.25) is 4.82 Å². The molecule has 0 N–H and O–H groups in total. The summed E-state index contributed by atoms with van der Waals surface area (Å²) in [5.74, 6) is 0.0826. The van der Waals surface area contributed by atoms with Crippen LogP contribution < -0.4 is 4.46 Å². The summed E-state index contributed by atoms with van der Waals surface area (Å²) in [5, 5.41) is 0. The molecule has 1 aromatic carbocycles. The van der Waals surface area contributed by atoms with Crippen LogP contribution in [0.4, 0.5) is 0 Å². The molecule has 4 nitrogen and oxygen atoms in total. The number of benzene rings is 1. The van der Waals surface area contributed by atoms with E-state index >= 15 is 0 Å². The fourth-order valence-corrected chi connectivity index (χ4v) is 8.21. The van der Waals surface area contributed by atoms with E-state index in [2.05, 4.69) is 44.2 Å². The van der Waals surface area contributed by atoms with E-state index in [1.54, 1.807) is 0 Å². The number of esters is 1. The van der Waals surface area contributed by atoms with Crippen molar-refractivity contribution in [1.29, 1.82) is 0 Å². The van der Waals surface area contributed by atoms with E-state index in [1.165, 1.54) is 11.6 Å². The second-order valence-corrected chi connectivity index (χ2v) is 11.5. The third kappa shape index (κ3) is 2.81. The number of carbonyl (C=O) groups excluding carboxylic acids is 1. The molecule has 3 aliphatic rings. The Labute approximate surface area is 168 Å². The molecule has 0 amide bonds. The van der Waals surface area contributed by atoms with E-state index in [4.69, 9.17) is 14.2 Å². The molecule has 0 radical (unpaired) electrons. The SMILES string of the molecule is COC(=O)[C@@H](C)[C@@H]1CC[C@@]2(C)CO[C@]3(C)[C@@H]([Se]c4ccccc4)CO[C@]23C1. The van der Waals surface area contributed by atoms with Gasteiger partial charge in [0.25, 0.3) is 0 Å². The molecule has 1 spiro atoms. The Bertz CT molecular complexity index is 710. The van der Waals surface area contributed by atoms with Gasteiger partial charge in [0.05, 0.1) is 0 Å². The molecule has 6 atom stereocenters. The minimum absolute atomic E-state index is 0.0234. The predicted octanol–water partition coefficient (Wildman–Crippen LogP) is 2.98. The van der Waals surface area contributed by atoms with Crippen molar-refractivity contribution in [2.75, 3.05) is 20.3 Å². The zero-order chi connectivity index (χ0) is 19.3. The molecular weight excluding hydrogens is 407 g/mol. The third-order valence-corrected chi connectivity index (χ3v) is 10.4. The summed E-state index contributed by atoms with van der Waals surface area (Å²) in [5.41, 5.74) is -0.561. The van der Waals surface area contributed by atoms with E-state index < -0.39 is 0 Å². The molecule has 2 aliphatic heterocycles. The first kappa shape index (κ1) is 19.4. The summed E-state index contributed by atoms with van der Waals surface area (Å²) >= 11 is 0.297. The summed E-state index contributed by atoms with van der Waals surface area (Å²) in [7, 11) is 1.48. The van der Waals surface area contributed by atoms with Gasteiger partial charge in [-0.25, -0.2) is 0 Å². The van der Waals surface area contributed by atoms with Crippen LogP contribution in [0.3, 0.4) is 0 Å². The molecule has 27 heavy (non-hydrogen) atoms. The van der Waals surface area contributed by atoms with Crippen LogP contribution in [0.5, 0.6) is 0 Å². The van der Waals surface area contributed by atoms with Gasteiger partial charge in [0.15, 0.2) is 0 Å². The first-order valence-electron chi connectivity index (χ1n) is 9.93. The van der Waals surface area contributed by atoms with Crippen molar-refractivity contribution in [3.05, 3.63) is 30.3 Å². The number of rotatable bonds is 4. The van der Waals surface area contributed by atoms with Gasteiger partial charge in [0, 0.05) is 0 Å². The number of hydrogen-bond donors (Lipinski definition) is 0. The van der Waals surface area contributed by atoms with Gasteiger partial charge in [0.2, 0.25) is 0 Å². The molecule has 2 saturated heterocycles. The zero-order valence-corrected chi connectivity index (χ0v) is 18.4. The van der Waals surface area contributed by atoms with Crippen molar-refractivity contribution in [2.45, 2.75) is 56.1 Å². The number of carbonyl (C=O) groups is 1. The standard InChI is InChI=1S/C22H30O4Se/c1-15(19(23)24-4)16-10-11-20(2)14-26-21(3)18(13-25-22(20,21)12-16)27-17-8-6-5-7-9-17/h5-9,15-16,18H,10-14H2,1-4H3/t15-,16+,18-,20-,21+,22+/m0/s1. The van der Waals surface area contributed by atoms with E-state index in [9.17, 15) is 4.79 Å². The zero-order valence-electron chi connectivity index (χ0n) is 16.7. The Kier molecular flexibility index (Phi) is 4.95. The second-order valence-electron chi connectivity index (χ2n) is 8.83. The van der Waals surface area contributed by atoms with Crippen LogP contribution in [0, 0.1) is 17.3 Å².